The van der Waals surface area contributed by atoms with Crippen LogP contribution in [-0.4, -0.2) is 12.6 Å². The number of nitrogens with zero attached hydrogens (tertiary/aromatic N) is 4. The second-order valence-corrected chi connectivity index (χ2v) is 16.0. The lowest BCUT2D eigenvalue weighted by Crippen LogP contribution is -2.75. The highest BCUT2D eigenvalue weighted by molar-refractivity contribution is 7.20. The Morgan fingerprint density at radius 1 is 0.500 bits per heavy atom. The highest BCUT2D eigenvalue weighted by Crippen LogP contribution is 2.41. The number of fused-ring (bicyclic) bond motifs is 3. The molecule has 0 fully saturated rings. The van der Waals surface area contributed by atoms with Crippen molar-refractivity contribution in [2.45, 2.75) is 0 Å². The van der Waals surface area contributed by atoms with Crippen LogP contribution in [0.4, 0.5) is 5.69 Å². The summed E-state index contributed by atoms with van der Waals surface area (Å²) in [6.45, 7) is 8.40. The van der Waals surface area contributed by atoms with Crippen molar-refractivity contribution in [1.82, 2.24) is 4.57 Å². The van der Waals surface area contributed by atoms with Gasteiger partial charge in [-0.25, -0.2) is 4.85 Å². The second-order valence-electron chi connectivity index (χ2n) is 12.2. The first kappa shape index (κ1) is 30.4. The van der Waals surface area contributed by atoms with E-state index in [9.17, 15) is 10.5 Å². The molecule has 0 aliphatic rings. The molecule has 0 bridgehead atoms. The van der Waals surface area contributed by atoms with Crippen molar-refractivity contribution in [2.75, 3.05) is 0 Å². The Bertz CT molecular complexity index is 2580. The molecular formula is C45H28N4Si. The van der Waals surface area contributed by atoms with E-state index in [-0.39, 0.29) is 0 Å². The van der Waals surface area contributed by atoms with Crippen LogP contribution >= 0.6 is 0 Å². The molecule has 8 aromatic rings. The normalized spacial score (nSPS) is 11.1. The summed E-state index contributed by atoms with van der Waals surface area (Å²) < 4.78 is 2.17. The molecule has 232 valence electrons. The van der Waals surface area contributed by atoms with Crippen molar-refractivity contribution in [3.8, 4) is 29.0 Å². The van der Waals surface area contributed by atoms with Gasteiger partial charge in [-0.1, -0.05) is 133 Å². The maximum Gasteiger partial charge on any atom is 0.211 e. The van der Waals surface area contributed by atoms with Crippen LogP contribution < -0.4 is 20.7 Å². The maximum absolute atomic E-state index is 10.4. The van der Waals surface area contributed by atoms with Crippen LogP contribution in [0.1, 0.15) is 11.1 Å². The summed E-state index contributed by atoms with van der Waals surface area (Å²) in [5.74, 6) is 0. The summed E-state index contributed by atoms with van der Waals surface area (Å²) in [5, 5.41) is 26.7. The third-order valence-corrected chi connectivity index (χ3v) is 14.4. The minimum Gasteiger partial charge on any atom is -0.318 e. The Balaban J connectivity index is 1.56. The van der Waals surface area contributed by atoms with Gasteiger partial charge in [-0.15, -0.1) is 0 Å². The second kappa shape index (κ2) is 12.6. The van der Waals surface area contributed by atoms with Gasteiger partial charge in [-0.2, -0.15) is 10.5 Å². The van der Waals surface area contributed by atoms with E-state index in [0.717, 1.165) is 43.8 Å². The molecule has 0 saturated carbocycles. The Hall–Kier alpha value is -6.97. The number of aromatic nitrogens is 1. The lowest BCUT2D eigenvalue weighted by Gasteiger charge is -2.36. The van der Waals surface area contributed by atoms with E-state index < -0.39 is 8.07 Å². The van der Waals surface area contributed by atoms with Crippen molar-refractivity contribution < 1.29 is 0 Å². The molecule has 0 spiro atoms. The van der Waals surface area contributed by atoms with Crippen molar-refractivity contribution >= 4 is 56.3 Å². The van der Waals surface area contributed by atoms with E-state index in [4.69, 9.17) is 6.57 Å². The van der Waals surface area contributed by atoms with Crippen LogP contribution in [0.3, 0.4) is 0 Å². The van der Waals surface area contributed by atoms with Crippen LogP contribution in [0.5, 0.6) is 0 Å². The number of benzene rings is 7. The quantitative estimate of drug-likeness (QED) is 0.104. The molecule has 0 unspecified atom stereocenters. The molecule has 5 heteroatoms. The summed E-state index contributed by atoms with van der Waals surface area (Å²) in [4.78, 5) is 4.10. The largest absolute Gasteiger partial charge is 0.318 e. The van der Waals surface area contributed by atoms with E-state index in [2.05, 4.69) is 125 Å². The highest BCUT2D eigenvalue weighted by atomic mass is 28.3. The first-order chi connectivity index (χ1) is 24.7. The molecular weight excluding hydrogens is 625 g/mol. The Labute approximate surface area is 291 Å². The average Bonchev–Trinajstić information content (AvgIpc) is 3.52. The fourth-order valence-corrected chi connectivity index (χ4v) is 12.6. The van der Waals surface area contributed by atoms with Gasteiger partial charge >= 0.3 is 0 Å². The zero-order chi connectivity index (χ0) is 34.1. The number of nitriles is 2. The molecule has 7 aromatic carbocycles. The third-order valence-electron chi connectivity index (χ3n) is 9.62. The lowest BCUT2D eigenvalue weighted by molar-refractivity contribution is 1.19. The highest BCUT2D eigenvalue weighted by Gasteiger charge is 2.43. The topological polar surface area (TPSA) is 56.9 Å². The van der Waals surface area contributed by atoms with E-state index in [0.29, 0.717) is 16.8 Å². The first-order valence-corrected chi connectivity index (χ1v) is 18.3. The fraction of sp³-hybridized carbons (Fsp3) is 0. The molecule has 0 radical (unpaired) electrons. The molecule has 1 aromatic heterocycles. The van der Waals surface area contributed by atoms with Crippen LogP contribution in [0.2, 0.25) is 0 Å². The van der Waals surface area contributed by atoms with Gasteiger partial charge in [0.05, 0.1) is 46.6 Å². The van der Waals surface area contributed by atoms with E-state index in [1.807, 2.05) is 66.7 Å². The van der Waals surface area contributed by atoms with Gasteiger partial charge in [0, 0.05) is 10.8 Å². The lowest BCUT2D eigenvalue weighted by atomic mass is 10.0. The summed E-state index contributed by atoms with van der Waals surface area (Å²) >= 11 is 0. The summed E-state index contributed by atoms with van der Waals surface area (Å²) in [6, 6.07) is 62.6. The predicted molar refractivity (Wildman–Crippen MR) is 206 cm³/mol. The number of hydrogen-bond acceptors (Lipinski definition) is 2. The molecule has 0 atom stereocenters. The minimum absolute atomic E-state index is 0.510. The average molecular weight is 653 g/mol. The van der Waals surface area contributed by atoms with Gasteiger partial charge in [0.2, 0.25) is 5.69 Å². The van der Waals surface area contributed by atoms with Crippen LogP contribution in [0.15, 0.2) is 170 Å². The Kier molecular flexibility index (Phi) is 7.63. The first-order valence-electron chi connectivity index (χ1n) is 16.3. The minimum atomic E-state index is -3.10. The standard InChI is InChI=1S/C45H28N4Si/c1-48-41-22-13-21-39(45(41)49-42-23-12-11-20-37(42)40-28-32(30-46)25-27-43(40)49)38-26-24-33(31-47)29-44(38)50(34-14-5-2-6-15-34,35-16-7-3-8-17-35)36-18-9-4-10-19-36/h2-29H. The molecule has 0 N–H and O–H groups in total. The number of rotatable bonds is 6. The molecule has 50 heavy (non-hydrogen) atoms. The van der Waals surface area contributed by atoms with Crippen molar-refractivity contribution in [1.29, 1.82) is 10.5 Å². The van der Waals surface area contributed by atoms with Gasteiger partial charge in [0.15, 0.2) is 8.07 Å². The summed E-state index contributed by atoms with van der Waals surface area (Å²) in [6.07, 6.45) is 0. The van der Waals surface area contributed by atoms with E-state index in [1.165, 1.54) is 15.6 Å². The summed E-state index contributed by atoms with van der Waals surface area (Å²) in [7, 11) is -3.10. The van der Waals surface area contributed by atoms with Crippen molar-refractivity contribution in [3.63, 3.8) is 0 Å². The van der Waals surface area contributed by atoms with E-state index in [1.54, 1.807) is 0 Å². The Morgan fingerprint density at radius 3 is 1.64 bits per heavy atom. The van der Waals surface area contributed by atoms with Crippen molar-refractivity contribution in [2.24, 2.45) is 0 Å². The molecule has 4 nitrogen and oxygen atoms in total. The number of para-hydroxylation sites is 2. The van der Waals surface area contributed by atoms with Gasteiger partial charge in [-0.05, 0) is 68.3 Å². The molecule has 0 amide bonds. The summed E-state index contributed by atoms with van der Waals surface area (Å²) in [5.41, 5.74) is 6.15. The molecule has 1 heterocycles. The van der Waals surface area contributed by atoms with Crippen LogP contribution in [-0.2, 0) is 0 Å². The van der Waals surface area contributed by atoms with Gasteiger partial charge in [0.25, 0.3) is 0 Å². The smallest absolute Gasteiger partial charge is 0.211 e. The van der Waals surface area contributed by atoms with Crippen LogP contribution in [0, 0.1) is 29.2 Å². The van der Waals surface area contributed by atoms with Gasteiger partial charge in [-0.3, -0.25) is 0 Å². The predicted octanol–water partition coefficient (Wildman–Crippen LogP) is 8.12. The zero-order valence-electron chi connectivity index (χ0n) is 27.0. The maximum atomic E-state index is 10.4. The SMILES string of the molecule is [C-]#[N+]c1cccc(-c2ccc(C#N)cc2[Si](c2ccccc2)(c2ccccc2)c2ccccc2)c1-n1c2ccccc2c2cc(C#N)ccc21. The molecule has 8 rings (SSSR count). The molecule has 0 saturated heterocycles. The number of hydrogen-bond donors (Lipinski definition) is 0. The zero-order valence-corrected chi connectivity index (χ0v) is 28.0. The molecule has 0 aliphatic heterocycles. The van der Waals surface area contributed by atoms with Gasteiger partial charge in [0.1, 0.15) is 0 Å². The monoisotopic (exact) mass is 652 g/mol. The van der Waals surface area contributed by atoms with Gasteiger partial charge < -0.3 is 4.57 Å². The third kappa shape index (κ3) is 4.72. The Morgan fingerprint density at radius 2 is 1.04 bits per heavy atom. The fourth-order valence-electron chi connectivity index (χ4n) is 7.55. The van der Waals surface area contributed by atoms with E-state index >= 15 is 0 Å². The van der Waals surface area contributed by atoms with Crippen molar-refractivity contribution in [3.05, 3.63) is 192 Å². The van der Waals surface area contributed by atoms with Crippen LogP contribution in [0.25, 0.3) is 43.5 Å². The molecule has 0 aliphatic carbocycles.